The summed E-state index contributed by atoms with van der Waals surface area (Å²) >= 11 is 0. The van der Waals surface area contributed by atoms with E-state index in [4.69, 9.17) is 0 Å². The van der Waals surface area contributed by atoms with Gasteiger partial charge in [-0.05, 0) is 41.0 Å². The fourth-order valence-corrected chi connectivity index (χ4v) is 2.11. The molecule has 5 nitrogen and oxygen atoms in total. The summed E-state index contributed by atoms with van der Waals surface area (Å²) in [5.74, 6) is 1.73. The zero-order chi connectivity index (χ0) is 11.2. The average Bonchev–Trinajstić information content (AvgIpc) is 3.09. The summed E-state index contributed by atoms with van der Waals surface area (Å²) in [6.07, 6.45) is 3.90. The first-order valence-electron chi connectivity index (χ1n) is 6.13. The van der Waals surface area contributed by atoms with Gasteiger partial charge in [-0.2, -0.15) is 0 Å². The number of nitrogens with zero attached hydrogens (tertiary/aromatic N) is 4. The zero-order valence-electron chi connectivity index (χ0n) is 9.98. The minimum atomic E-state index is 0.493. The predicted octanol–water partition coefficient (Wildman–Crippen LogP) is 0.971. The lowest BCUT2D eigenvalue weighted by atomic mass is 10.1. The third-order valence-electron chi connectivity index (χ3n) is 3.84. The van der Waals surface area contributed by atoms with Crippen LogP contribution in [0.4, 0.5) is 0 Å². The molecule has 0 aliphatic heterocycles. The van der Waals surface area contributed by atoms with Crippen molar-refractivity contribution in [3.63, 3.8) is 0 Å². The van der Waals surface area contributed by atoms with Crippen molar-refractivity contribution < 1.29 is 0 Å². The van der Waals surface area contributed by atoms with Crippen LogP contribution in [0.2, 0.25) is 0 Å². The van der Waals surface area contributed by atoms with Crippen LogP contribution in [0.3, 0.4) is 0 Å². The zero-order valence-corrected chi connectivity index (χ0v) is 9.98. The fraction of sp³-hybridized carbons (Fsp3) is 0.909. The van der Waals surface area contributed by atoms with Crippen molar-refractivity contribution >= 4 is 0 Å². The molecule has 1 N–H and O–H groups in total. The first-order valence-corrected chi connectivity index (χ1v) is 6.13. The summed E-state index contributed by atoms with van der Waals surface area (Å²) in [5.41, 5.74) is 0.493. The Morgan fingerprint density at radius 3 is 2.81 bits per heavy atom. The second-order valence-electron chi connectivity index (χ2n) is 5.82. The third kappa shape index (κ3) is 2.09. The van der Waals surface area contributed by atoms with Gasteiger partial charge in [-0.25, -0.2) is 4.68 Å². The predicted molar refractivity (Wildman–Crippen MR) is 59.6 cm³/mol. The molecule has 0 radical (unpaired) electrons. The highest BCUT2D eigenvalue weighted by Crippen LogP contribution is 2.52. The molecule has 1 atom stereocenters. The lowest BCUT2D eigenvalue weighted by Gasteiger charge is -2.06. The second-order valence-corrected chi connectivity index (χ2v) is 5.82. The maximum Gasteiger partial charge on any atom is 0.165 e. The molecule has 0 amide bonds. The van der Waals surface area contributed by atoms with Crippen molar-refractivity contribution in [3.05, 3.63) is 5.82 Å². The molecule has 1 aromatic rings. The lowest BCUT2D eigenvalue weighted by molar-refractivity contribution is 0.448. The van der Waals surface area contributed by atoms with Gasteiger partial charge in [0.2, 0.25) is 0 Å². The molecule has 0 bridgehead atoms. The molecule has 0 spiro atoms. The number of hydrogen-bond acceptors (Lipinski definition) is 4. The minimum absolute atomic E-state index is 0.493. The number of aromatic nitrogens is 4. The van der Waals surface area contributed by atoms with Gasteiger partial charge in [-0.3, -0.25) is 0 Å². The molecule has 2 saturated carbocycles. The highest BCUT2D eigenvalue weighted by Gasteiger charge is 2.45. The van der Waals surface area contributed by atoms with E-state index < -0.39 is 0 Å². The summed E-state index contributed by atoms with van der Waals surface area (Å²) < 4.78 is 1.97. The first kappa shape index (κ1) is 10.2. The Morgan fingerprint density at radius 2 is 2.19 bits per heavy atom. The van der Waals surface area contributed by atoms with Gasteiger partial charge in [0.1, 0.15) is 0 Å². The van der Waals surface area contributed by atoms with Crippen LogP contribution in [0.5, 0.6) is 0 Å². The van der Waals surface area contributed by atoms with Crippen molar-refractivity contribution in [2.24, 2.45) is 11.3 Å². The van der Waals surface area contributed by atoms with E-state index in [0.29, 0.717) is 11.5 Å². The molecule has 1 heterocycles. The molecule has 88 valence electrons. The highest BCUT2D eigenvalue weighted by molar-refractivity contribution is 4.96. The maximum atomic E-state index is 4.08. The maximum absolute atomic E-state index is 4.08. The molecular weight excluding hydrogens is 202 g/mol. The molecule has 5 heteroatoms. The van der Waals surface area contributed by atoms with Crippen LogP contribution in [-0.4, -0.2) is 26.2 Å². The normalized spacial score (nSPS) is 27.0. The molecule has 1 aromatic heterocycles. The Bertz CT molecular complexity index is 379. The third-order valence-corrected chi connectivity index (χ3v) is 3.84. The van der Waals surface area contributed by atoms with Gasteiger partial charge < -0.3 is 5.32 Å². The Balaban J connectivity index is 1.58. The standard InChI is InChI=1S/C11H19N5/c1-11(2)5-8(11)7-16-10(13-14-15-16)6-12-9-3-4-9/h8-9,12H,3-7H2,1-2H3. The van der Waals surface area contributed by atoms with Crippen molar-refractivity contribution in [2.75, 3.05) is 0 Å². The number of hydrogen-bond donors (Lipinski definition) is 1. The van der Waals surface area contributed by atoms with Gasteiger partial charge in [-0.15, -0.1) is 5.10 Å². The topological polar surface area (TPSA) is 55.6 Å². The van der Waals surface area contributed by atoms with Gasteiger partial charge in [0.05, 0.1) is 6.54 Å². The van der Waals surface area contributed by atoms with Crippen LogP contribution in [0.1, 0.15) is 38.9 Å². The number of rotatable bonds is 5. The smallest absolute Gasteiger partial charge is 0.165 e. The van der Waals surface area contributed by atoms with Crippen LogP contribution >= 0.6 is 0 Å². The fourth-order valence-electron chi connectivity index (χ4n) is 2.11. The van der Waals surface area contributed by atoms with Crippen LogP contribution in [0.15, 0.2) is 0 Å². The quantitative estimate of drug-likeness (QED) is 0.805. The largest absolute Gasteiger partial charge is 0.307 e. The Hall–Kier alpha value is -0.970. The van der Waals surface area contributed by atoms with Gasteiger partial charge in [0, 0.05) is 12.6 Å². The highest BCUT2D eigenvalue weighted by atomic mass is 15.5. The van der Waals surface area contributed by atoms with Crippen molar-refractivity contribution in [3.8, 4) is 0 Å². The van der Waals surface area contributed by atoms with E-state index in [2.05, 4.69) is 34.7 Å². The van der Waals surface area contributed by atoms with Crippen molar-refractivity contribution in [2.45, 2.75) is 52.2 Å². The molecular formula is C11H19N5. The summed E-state index contributed by atoms with van der Waals surface area (Å²) in [4.78, 5) is 0. The summed E-state index contributed by atoms with van der Waals surface area (Å²) in [7, 11) is 0. The van der Waals surface area contributed by atoms with Crippen molar-refractivity contribution in [1.29, 1.82) is 0 Å². The SMILES string of the molecule is CC1(C)CC1Cn1nnnc1CNC1CC1. The van der Waals surface area contributed by atoms with Crippen LogP contribution in [-0.2, 0) is 13.1 Å². The van der Waals surface area contributed by atoms with Gasteiger partial charge >= 0.3 is 0 Å². The van der Waals surface area contributed by atoms with E-state index in [-0.39, 0.29) is 0 Å². The first-order chi connectivity index (χ1) is 7.65. The lowest BCUT2D eigenvalue weighted by Crippen LogP contribution is -2.20. The van der Waals surface area contributed by atoms with E-state index >= 15 is 0 Å². The average molecular weight is 221 g/mol. The molecule has 0 saturated heterocycles. The van der Waals surface area contributed by atoms with Gasteiger partial charge in [0.15, 0.2) is 5.82 Å². The molecule has 16 heavy (non-hydrogen) atoms. The van der Waals surface area contributed by atoms with E-state index in [1.807, 2.05) is 4.68 Å². The van der Waals surface area contributed by atoms with E-state index in [1.54, 1.807) is 0 Å². The molecule has 0 aromatic carbocycles. The van der Waals surface area contributed by atoms with Gasteiger partial charge in [-0.1, -0.05) is 13.8 Å². The number of tetrazole rings is 1. The number of nitrogens with one attached hydrogen (secondary N) is 1. The summed E-state index contributed by atoms with van der Waals surface area (Å²) in [5, 5.41) is 15.4. The second kappa shape index (κ2) is 3.52. The monoisotopic (exact) mass is 221 g/mol. The van der Waals surface area contributed by atoms with Crippen molar-refractivity contribution in [1.82, 2.24) is 25.5 Å². The molecule has 2 aliphatic rings. The summed E-state index contributed by atoms with van der Waals surface area (Å²) in [6, 6.07) is 0.711. The van der Waals surface area contributed by atoms with E-state index in [1.165, 1.54) is 19.3 Å². The Morgan fingerprint density at radius 1 is 1.44 bits per heavy atom. The molecule has 2 fully saturated rings. The Labute approximate surface area is 95.6 Å². The van der Waals surface area contributed by atoms with Crippen LogP contribution in [0.25, 0.3) is 0 Å². The van der Waals surface area contributed by atoms with E-state index in [9.17, 15) is 0 Å². The molecule has 3 rings (SSSR count). The Kier molecular flexibility index (Phi) is 2.24. The van der Waals surface area contributed by atoms with Crippen LogP contribution in [0, 0.1) is 11.3 Å². The molecule has 2 aliphatic carbocycles. The minimum Gasteiger partial charge on any atom is -0.307 e. The summed E-state index contributed by atoms with van der Waals surface area (Å²) in [6.45, 7) is 6.40. The molecule has 1 unspecified atom stereocenters. The van der Waals surface area contributed by atoms with Crippen LogP contribution < -0.4 is 5.32 Å². The van der Waals surface area contributed by atoms with E-state index in [0.717, 1.165) is 24.8 Å². The van der Waals surface area contributed by atoms with Gasteiger partial charge in [0.25, 0.3) is 0 Å².